The summed E-state index contributed by atoms with van der Waals surface area (Å²) in [4.78, 5) is 9.59. The minimum atomic E-state index is 0.246. The number of aromatic nitrogens is 1. The number of nitrogens with zero attached hydrogens (tertiary/aromatic N) is 3. The van der Waals surface area contributed by atoms with Gasteiger partial charge in [0, 0.05) is 38.4 Å². The minimum absolute atomic E-state index is 0.246. The molecule has 2 rings (SSSR count). The largest absolute Gasteiger partial charge is 0.354 e. The van der Waals surface area contributed by atoms with Crippen molar-refractivity contribution >= 4 is 5.82 Å². The Morgan fingerprint density at radius 1 is 1.25 bits per heavy atom. The molecule has 1 aromatic rings. The summed E-state index contributed by atoms with van der Waals surface area (Å²) in [5.74, 6) is 1.15. The number of piperazine rings is 1. The van der Waals surface area contributed by atoms with Gasteiger partial charge in [0.15, 0.2) is 0 Å². The van der Waals surface area contributed by atoms with Crippen LogP contribution in [0.5, 0.6) is 0 Å². The molecule has 1 fully saturated rings. The second-order valence-corrected chi connectivity index (χ2v) is 5.78. The van der Waals surface area contributed by atoms with Gasteiger partial charge in [-0.15, -0.1) is 0 Å². The number of pyridine rings is 1. The third-order valence-electron chi connectivity index (χ3n) is 4.25. The number of anilines is 1. The lowest BCUT2D eigenvalue weighted by atomic mass is 10.0. The van der Waals surface area contributed by atoms with E-state index in [1.807, 2.05) is 6.20 Å². The number of hydrogen-bond donors (Lipinski definition) is 1. The van der Waals surface area contributed by atoms with Crippen LogP contribution in [-0.2, 0) is 6.42 Å². The standard InChI is InChI=1S/C16H28N4/c1-4-15(17)11-14-10-13(3)16(18-12-14)20-8-6-19(5-2)7-9-20/h10,12,15H,4-9,11,17H2,1-3H3. The van der Waals surface area contributed by atoms with Crippen LogP contribution in [0.1, 0.15) is 31.4 Å². The third-order valence-corrected chi connectivity index (χ3v) is 4.25. The molecular formula is C16H28N4. The van der Waals surface area contributed by atoms with Crippen LogP contribution in [0.15, 0.2) is 12.3 Å². The molecule has 0 aromatic carbocycles. The molecule has 1 saturated heterocycles. The summed E-state index contributed by atoms with van der Waals surface area (Å²) in [5.41, 5.74) is 8.55. The van der Waals surface area contributed by atoms with Crippen molar-refractivity contribution in [1.82, 2.24) is 9.88 Å². The number of rotatable bonds is 5. The fraction of sp³-hybridized carbons (Fsp3) is 0.688. The van der Waals surface area contributed by atoms with Gasteiger partial charge in [-0.25, -0.2) is 4.98 Å². The average molecular weight is 276 g/mol. The summed E-state index contributed by atoms with van der Waals surface area (Å²) >= 11 is 0. The highest BCUT2D eigenvalue weighted by Crippen LogP contribution is 2.20. The predicted octanol–water partition coefficient (Wildman–Crippen LogP) is 1.81. The average Bonchev–Trinajstić information content (AvgIpc) is 2.47. The number of nitrogens with two attached hydrogens (primary N) is 1. The van der Waals surface area contributed by atoms with E-state index >= 15 is 0 Å². The van der Waals surface area contributed by atoms with Gasteiger partial charge in [-0.05, 0) is 37.4 Å². The monoisotopic (exact) mass is 276 g/mol. The smallest absolute Gasteiger partial charge is 0.131 e. The summed E-state index contributed by atoms with van der Waals surface area (Å²) < 4.78 is 0. The van der Waals surface area contributed by atoms with Gasteiger partial charge >= 0.3 is 0 Å². The molecule has 0 aliphatic carbocycles. The molecule has 112 valence electrons. The molecule has 1 atom stereocenters. The Kier molecular flexibility index (Phi) is 5.38. The molecule has 1 aromatic heterocycles. The maximum atomic E-state index is 6.02. The molecule has 20 heavy (non-hydrogen) atoms. The Morgan fingerprint density at radius 2 is 1.95 bits per heavy atom. The van der Waals surface area contributed by atoms with Crippen LogP contribution in [0.3, 0.4) is 0 Å². The molecule has 1 unspecified atom stereocenters. The van der Waals surface area contributed by atoms with E-state index < -0.39 is 0 Å². The van der Waals surface area contributed by atoms with Crippen molar-refractivity contribution in [1.29, 1.82) is 0 Å². The first-order chi connectivity index (χ1) is 9.63. The predicted molar refractivity (Wildman–Crippen MR) is 85.3 cm³/mol. The van der Waals surface area contributed by atoms with Gasteiger partial charge in [0.2, 0.25) is 0 Å². The SMILES string of the molecule is CCC(N)Cc1cnc(N2CCN(CC)CC2)c(C)c1. The van der Waals surface area contributed by atoms with Gasteiger partial charge in [0.1, 0.15) is 5.82 Å². The maximum absolute atomic E-state index is 6.02. The first kappa shape index (κ1) is 15.3. The summed E-state index contributed by atoms with van der Waals surface area (Å²) in [6.45, 7) is 12.1. The molecule has 2 N–H and O–H groups in total. The van der Waals surface area contributed by atoms with E-state index in [1.165, 1.54) is 11.1 Å². The van der Waals surface area contributed by atoms with Crippen molar-refractivity contribution in [2.24, 2.45) is 5.73 Å². The van der Waals surface area contributed by atoms with E-state index in [1.54, 1.807) is 0 Å². The highest BCUT2D eigenvalue weighted by molar-refractivity contribution is 5.48. The topological polar surface area (TPSA) is 45.4 Å². The van der Waals surface area contributed by atoms with Crippen molar-refractivity contribution in [3.05, 3.63) is 23.4 Å². The Labute approximate surface area is 123 Å². The zero-order valence-corrected chi connectivity index (χ0v) is 13.1. The summed E-state index contributed by atoms with van der Waals surface area (Å²) in [6, 6.07) is 2.50. The lowest BCUT2D eigenvalue weighted by molar-refractivity contribution is 0.270. The lowest BCUT2D eigenvalue weighted by Crippen LogP contribution is -2.46. The second kappa shape index (κ2) is 7.04. The quantitative estimate of drug-likeness (QED) is 0.891. The van der Waals surface area contributed by atoms with Crippen molar-refractivity contribution in [2.75, 3.05) is 37.6 Å². The third kappa shape index (κ3) is 3.70. The molecule has 2 heterocycles. The lowest BCUT2D eigenvalue weighted by Gasteiger charge is -2.35. The highest BCUT2D eigenvalue weighted by Gasteiger charge is 2.18. The fourth-order valence-corrected chi connectivity index (χ4v) is 2.79. The van der Waals surface area contributed by atoms with E-state index in [0.717, 1.165) is 51.4 Å². The summed E-state index contributed by atoms with van der Waals surface area (Å²) in [6.07, 6.45) is 3.94. The number of likely N-dealkylation sites (N-methyl/N-ethyl adjacent to an activating group) is 1. The number of hydrogen-bond acceptors (Lipinski definition) is 4. The van der Waals surface area contributed by atoms with Crippen LogP contribution in [0.25, 0.3) is 0 Å². The van der Waals surface area contributed by atoms with Gasteiger partial charge in [0.25, 0.3) is 0 Å². The van der Waals surface area contributed by atoms with Crippen molar-refractivity contribution < 1.29 is 0 Å². The van der Waals surface area contributed by atoms with E-state index in [0.29, 0.717) is 0 Å². The minimum Gasteiger partial charge on any atom is -0.354 e. The van der Waals surface area contributed by atoms with E-state index in [2.05, 4.69) is 36.6 Å². The van der Waals surface area contributed by atoms with E-state index in [9.17, 15) is 0 Å². The van der Waals surface area contributed by atoms with E-state index in [4.69, 9.17) is 10.7 Å². The van der Waals surface area contributed by atoms with E-state index in [-0.39, 0.29) is 6.04 Å². The first-order valence-electron chi connectivity index (χ1n) is 7.82. The molecule has 0 spiro atoms. The van der Waals surface area contributed by atoms with Gasteiger partial charge < -0.3 is 15.5 Å². The zero-order valence-electron chi connectivity index (χ0n) is 13.1. The Hall–Kier alpha value is -1.13. The molecule has 0 amide bonds. The Morgan fingerprint density at radius 3 is 2.50 bits per heavy atom. The van der Waals surface area contributed by atoms with Crippen molar-refractivity contribution in [2.45, 2.75) is 39.7 Å². The van der Waals surface area contributed by atoms with Crippen molar-refractivity contribution in [3.63, 3.8) is 0 Å². The van der Waals surface area contributed by atoms with Crippen LogP contribution < -0.4 is 10.6 Å². The van der Waals surface area contributed by atoms with Crippen LogP contribution in [0.2, 0.25) is 0 Å². The normalized spacial score (nSPS) is 18.3. The molecule has 0 radical (unpaired) electrons. The van der Waals surface area contributed by atoms with Gasteiger partial charge in [-0.3, -0.25) is 0 Å². The Balaban J connectivity index is 2.03. The van der Waals surface area contributed by atoms with Crippen molar-refractivity contribution in [3.8, 4) is 0 Å². The fourth-order valence-electron chi connectivity index (χ4n) is 2.79. The summed E-state index contributed by atoms with van der Waals surface area (Å²) in [5, 5.41) is 0. The number of aryl methyl sites for hydroxylation is 1. The van der Waals surface area contributed by atoms with Crippen LogP contribution in [0, 0.1) is 6.92 Å². The molecule has 4 heteroatoms. The van der Waals surface area contributed by atoms with Crippen LogP contribution >= 0.6 is 0 Å². The zero-order chi connectivity index (χ0) is 14.5. The summed E-state index contributed by atoms with van der Waals surface area (Å²) in [7, 11) is 0. The van der Waals surface area contributed by atoms with Gasteiger partial charge in [-0.1, -0.05) is 19.9 Å². The van der Waals surface area contributed by atoms with Gasteiger partial charge in [-0.2, -0.15) is 0 Å². The van der Waals surface area contributed by atoms with Crippen LogP contribution in [0.4, 0.5) is 5.82 Å². The highest BCUT2D eigenvalue weighted by atomic mass is 15.3. The molecule has 0 bridgehead atoms. The molecular weight excluding hydrogens is 248 g/mol. The second-order valence-electron chi connectivity index (χ2n) is 5.78. The first-order valence-corrected chi connectivity index (χ1v) is 7.82. The molecule has 0 saturated carbocycles. The molecule has 4 nitrogen and oxygen atoms in total. The Bertz CT molecular complexity index is 424. The maximum Gasteiger partial charge on any atom is 0.131 e. The molecule has 1 aliphatic rings. The molecule has 1 aliphatic heterocycles. The van der Waals surface area contributed by atoms with Crippen LogP contribution in [-0.4, -0.2) is 48.6 Å². The van der Waals surface area contributed by atoms with Gasteiger partial charge in [0.05, 0.1) is 0 Å².